The fraction of sp³-hybridized carbons (Fsp3) is 0.278. The number of carbonyl (C=O) groups excluding carboxylic acids is 1. The third-order valence-corrected chi connectivity index (χ3v) is 4.00. The number of carbonyl (C=O) groups is 1. The van der Waals surface area contributed by atoms with Crippen LogP contribution < -0.4 is 19.5 Å². The molecule has 0 atom stereocenters. The van der Waals surface area contributed by atoms with Gasteiger partial charge in [-0.05, 0) is 36.8 Å². The van der Waals surface area contributed by atoms with Crippen molar-refractivity contribution in [2.24, 2.45) is 0 Å². The Morgan fingerprint density at radius 1 is 1.04 bits per heavy atom. The van der Waals surface area contributed by atoms with Crippen molar-refractivity contribution in [1.82, 2.24) is 0 Å². The third kappa shape index (κ3) is 4.11. The predicted molar refractivity (Wildman–Crippen MR) is 94.6 cm³/mol. The number of anilines is 1. The summed E-state index contributed by atoms with van der Waals surface area (Å²) in [6, 6.07) is 8.80. The molecular formula is C18H20ClNO4. The number of amides is 1. The monoisotopic (exact) mass is 349 g/mol. The van der Waals surface area contributed by atoms with Crippen LogP contribution in [0.5, 0.6) is 17.2 Å². The molecule has 0 radical (unpaired) electrons. The van der Waals surface area contributed by atoms with Crippen molar-refractivity contribution in [3.63, 3.8) is 0 Å². The summed E-state index contributed by atoms with van der Waals surface area (Å²) in [6.07, 6.45) is 0.144. The molecule has 0 heterocycles. The molecule has 0 bridgehead atoms. The average Bonchev–Trinajstić information content (AvgIpc) is 2.57. The quantitative estimate of drug-likeness (QED) is 0.860. The molecule has 0 spiro atoms. The summed E-state index contributed by atoms with van der Waals surface area (Å²) in [6.45, 7) is 1.86. The number of benzene rings is 2. The van der Waals surface area contributed by atoms with Gasteiger partial charge in [-0.3, -0.25) is 4.79 Å². The normalized spacial score (nSPS) is 10.2. The van der Waals surface area contributed by atoms with Gasteiger partial charge in [-0.25, -0.2) is 0 Å². The van der Waals surface area contributed by atoms with Crippen LogP contribution in [0.3, 0.4) is 0 Å². The van der Waals surface area contributed by atoms with E-state index in [0.717, 1.165) is 11.1 Å². The van der Waals surface area contributed by atoms with Gasteiger partial charge in [0.1, 0.15) is 17.2 Å². The highest BCUT2D eigenvalue weighted by atomic mass is 35.5. The van der Waals surface area contributed by atoms with E-state index in [2.05, 4.69) is 5.32 Å². The zero-order valence-electron chi connectivity index (χ0n) is 14.1. The van der Waals surface area contributed by atoms with E-state index in [0.29, 0.717) is 28.0 Å². The smallest absolute Gasteiger partial charge is 0.229 e. The van der Waals surface area contributed by atoms with Crippen LogP contribution >= 0.6 is 11.6 Å². The van der Waals surface area contributed by atoms with Gasteiger partial charge < -0.3 is 19.5 Å². The average molecular weight is 350 g/mol. The summed E-state index contributed by atoms with van der Waals surface area (Å²) < 4.78 is 15.8. The number of aryl methyl sites for hydroxylation is 1. The molecule has 1 N–H and O–H groups in total. The molecule has 6 heteroatoms. The fourth-order valence-electron chi connectivity index (χ4n) is 2.32. The van der Waals surface area contributed by atoms with Crippen molar-refractivity contribution in [2.45, 2.75) is 13.3 Å². The molecule has 0 aliphatic rings. The Hall–Kier alpha value is -2.40. The lowest BCUT2D eigenvalue weighted by atomic mass is 10.1. The fourth-order valence-corrected chi connectivity index (χ4v) is 2.47. The molecule has 0 fully saturated rings. The van der Waals surface area contributed by atoms with Crippen LogP contribution in [0.1, 0.15) is 11.1 Å². The first-order chi connectivity index (χ1) is 11.5. The van der Waals surface area contributed by atoms with E-state index in [1.807, 2.05) is 6.92 Å². The van der Waals surface area contributed by atoms with Gasteiger partial charge in [0, 0.05) is 16.7 Å². The molecule has 2 aromatic rings. The van der Waals surface area contributed by atoms with Gasteiger partial charge in [-0.15, -0.1) is 0 Å². The lowest BCUT2D eigenvalue weighted by Gasteiger charge is -2.14. The van der Waals surface area contributed by atoms with E-state index >= 15 is 0 Å². The van der Waals surface area contributed by atoms with Crippen LogP contribution in [0.25, 0.3) is 0 Å². The second-order valence-corrected chi connectivity index (χ2v) is 5.61. The Kier molecular flexibility index (Phi) is 5.93. The van der Waals surface area contributed by atoms with Gasteiger partial charge in [0.2, 0.25) is 5.91 Å². The van der Waals surface area contributed by atoms with Crippen molar-refractivity contribution in [2.75, 3.05) is 26.6 Å². The maximum atomic E-state index is 12.4. The minimum Gasteiger partial charge on any atom is -0.497 e. The summed E-state index contributed by atoms with van der Waals surface area (Å²) in [5.41, 5.74) is 2.16. The Balaban J connectivity index is 2.21. The molecule has 2 aromatic carbocycles. The maximum absolute atomic E-state index is 12.4. The van der Waals surface area contributed by atoms with Gasteiger partial charge in [-0.1, -0.05) is 11.6 Å². The number of nitrogens with one attached hydrogen (secondary N) is 1. The number of hydrogen-bond donors (Lipinski definition) is 1. The van der Waals surface area contributed by atoms with Crippen molar-refractivity contribution < 1.29 is 19.0 Å². The van der Waals surface area contributed by atoms with Crippen LogP contribution in [0.4, 0.5) is 5.69 Å². The first kappa shape index (κ1) is 17.9. The Morgan fingerprint density at radius 2 is 1.75 bits per heavy atom. The van der Waals surface area contributed by atoms with Crippen molar-refractivity contribution >= 4 is 23.2 Å². The molecular weight excluding hydrogens is 330 g/mol. The summed E-state index contributed by atoms with van der Waals surface area (Å²) in [4.78, 5) is 12.4. The molecule has 0 aromatic heterocycles. The Labute approximate surface area is 146 Å². The Bertz CT molecular complexity index is 746. The van der Waals surface area contributed by atoms with Crippen molar-refractivity contribution in [3.8, 4) is 17.2 Å². The SMILES string of the molecule is COc1ccc(OC)c(CC(=O)Nc2cc(C)c(Cl)cc2OC)c1. The van der Waals surface area contributed by atoms with Crippen LogP contribution in [0.15, 0.2) is 30.3 Å². The zero-order valence-corrected chi connectivity index (χ0v) is 14.9. The molecule has 0 aliphatic heterocycles. The lowest BCUT2D eigenvalue weighted by molar-refractivity contribution is -0.115. The largest absolute Gasteiger partial charge is 0.497 e. The molecule has 2 rings (SSSR count). The van der Waals surface area contributed by atoms with Gasteiger partial charge in [0.25, 0.3) is 0 Å². The maximum Gasteiger partial charge on any atom is 0.229 e. The summed E-state index contributed by atoms with van der Waals surface area (Å²) in [5, 5.41) is 3.43. The molecule has 1 amide bonds. The van der Waals surface area contributed by atoms with E-state index in [1.165, 1.54) is 7.11 Å². The first-order valence-electron chi connectivity index (χ1n) is 7.33. The van der Waals surface area contributed by atoms with E-state index in [4.69, 9.17) is 25.8 Å². The standard InChI is InChI=1S/C18H20ClNO4/c1-11-7-15(17(24-4)10-14(11)19)20-18(21)9-12-8-13(22-2)5-6-16(12)23-3/h5-8,10H,9H2,1-4H3,(H,20,21). The van der Waals surface area contributed by atoms with Crippen LogP contribution in [-0.4, -0.2) is 27.2 Å². The number of hydrogen-bond acceptors (Lipinski definition) is 4. The van der Waals surface area contributed by atoms with Gasteiger partial charge in [-0.2, -0.15) is 0 Å². The van der Waals surface area contributed by atoms with Gasteiger partial charge in [0.05, 0.1) is 33.4 Å². The summed E-state index contributed by atoms with van der Waals surface area (Å²) in [7, 11) is 4.67. The molecule has 128 valence electrons. The van der Waals surface area contributed by atoms with Gasteiger partial charge in [0.15, 0.2) is 0 Å². The van der Waals surface area contributed by atoms with Crippen molar-refractivity contribution in [1.29, 1.82) is 0 Å². The van der Waals surface area contributed by atoms with E-state index in [1.54, 1.807) is 44.6 Å². The van der Waals surface area contributed by atoms with E-state index in [-0.39, 0.29) is 12.3 Å². The van der Waals surface area contributed by atoms with E-state index in [9.17, 15) is 4.79 Å². The van der Waals surface area contributed by atoms with Crippen LogP contribution in [0, 0.1) is 6.92 Å². The molecule has 0 saturated heterocycles. The third-order valence-electron chi connectivity index (χ3n) is 3.59. The summed E-state index contributed by atoms with van der Waals surface area (Å²) >= 11 is 6.08. The Morgan fingerprint density at radius 3 is 2.38 bits per heavy atom. The molecule has 0 unspecified atom stereocenters. The van der Waals surface area contributed by atoms with Gasteiger partial charge >= 0.3 is 0 Å². The number of ether oxygens (including phenoxy) is 3. The number of halogens is 1. The molecule has 0 saturated carbocycles. The lowest BCUT2D eigenvalue weighted by Crippen LogP contribution is -2.15. The van der Waals surface area contributed by atoms with Crippen molar-refractivity contribution in [3.05, 3.63) is 46.5 Å². The zero-order chi connectivity index (χ0) is 17.7. The van der Waals surface area contributed by atoms with Crippen LogP contribution in [-0.2, 0) is 11.2 Å². The van der Waals surface area contributed by atoms with E-state index < -0.39 is 0 Å². The highest BCUT2D eigenvalue weighted by Gasteiger charge is 2.14. The second-order valence-electron chi connectivity index (χ2n) is 5.20. The van der Waals surface area contributed by atoms with Crippen LogP contribution in [0.2, 0.25) is 5.02 Å². The molecule has 5 nitrogen and oxygen atoms in total. The molecule has 24 heavy (non-hydrogen) atoms. The molecule has 0 aliphatic carbocycles. The first-order valence-corrected chi connectivity index (χ1v) is 7.71. The highest BCUT2D eigenvalue weighted by molar-refractivity contribution is 6.31. The summed E-state index contributed by atoms with van der Waals surface area (Å²) in [5.74, 6) is 1.61. The topological polar surface area (TPSA) is 56.8 Å². The highest BCUT2D eigenvalue weighted by Crippen LogP contribution is 2.31. The second kappa shape index (κ2) is 7.93. The number of methoxy groups -OCH3 is 3. The predicted octanol–water partition coefficient (Wildman–Crippen LogP) is 3.86. The number of rotatable bonds is 6. The minimum atomic E-state index is -0.193. The minimum absolute atomic E-state index is 0.144.